The van der Waals surface area contributed by atoms with Crippen LogP contribution < -0.4 is 10.6 Å². The number of primary amides is 1. The summed E-state index contributed by atoms with van der Waals surface area (Å²) in [5, 5.41) is 1.52. The molecule has 0 aliphatic heterocycles. The molecule has 0 saturated heterocycles. The zero-order valence-corrected chi connectivity index (χ0v) is 23.0. The van der Waals surface area contributed by atoms with Crippen molar-refractivity contribution in [1.82, 2.24) is 4.90 Å². The van der Waals surface area contributed by atoms with Gasteiger partial charge in [0.15, 0.2) is 0 Å². The summed E-state index contributed by atoms with van der Waals surface area (Å²) in [7, 11) is 0. The summed E-state index contributed by atoms with van der Waals surface area (Å²) in [5.41, 5.74) is 9.04. The average molecular weight is 612 g/mol. The Morgan fingerprint density at radius 3 is 1.76 bits per heavy atom. The Hall–Kier alpha value is -1.80. The van der Waals surface area contributed by atoms with Gasteiger partial charge in [-0.05, 0) is 86.3 Å². The van der Waals surface area contributed by atoms with Gasteiger partial charge in [-0.3, -0.25) is 4.90 Å². The predicted molar refractivity (Wildman–Crippen MR) is 155 cm³/mol. The van der Waals surface area contributed by atoms with Gasteiger partial charge >= 0.3 is 6.03 Å². The molecular formula is C27H32Cl2IN3O. The second-order valence-electron chi connectivity index (χ2n) is 8.13. The van der Waals surface area contributed by atoms with Gasteiger partial charge in [-0.15, -0.1) is 24.0 Å². The molecule has 0 unspecified atom stereocenters. The van der Waals surface area contributed by atoms with Crippen LogP contribution >= 0.6 is 47.2 Å². The molecule has 3 rings (SSSR count). The van der Waals surface area contributed by atoms with E-state index in [1.54, 1.807) is 4.90 Å². The number of amides is 2. The van der Waals surface area contributed by atoms with Gasteiger partial charge in [-0.2, -0.15) is 0 Å². The lowest BCUT2D eigenvalue weighted by Crippen LogP contribution is -2.38. The molecule has 0 atom stereocenters. The van der Waals surface area contributed by atoms with E-state index < -0.39 is 6.03 Å². The number of para-hydroxylation sites is 1. The number of carbonyl (C=O) groups is 1. The van der Waals surface area contributed by atoms with Crippen LogP contribution in [-0.4, -0.2) is 37.1 Å². The Morgan fingerprint density at radius 2 is 1.21 bits per heavy atom. The van der Waals surface area contributed by atoms with Crippen molar-refractivity contribution in [1.29, 1.82) is 0 Å². The number of hydrogen-bond acceptors (Lipinski definition) is 2. The highest BCUT2D eigenvalue weighted by molar-refractivity contribution is 14.0. The largest absolute Gasteiger partial charge is 0.351 e. The van der Waals surface area contributed by atoms with Crippen LogP contribution in [0.3, 0.4) is 0 Å². The monoisotopic (exact) mass is 611 g/mol. The smallest absolute Gasteiger partial charge is 0.319 e. The van der Waals surface area contributed by atoms with Crippen LogP contribution in [0.5, 0.6) is 0 Å². The standard InChI is InChI=1S/C27H31Cl2N3O.HI/c28-24-13-9-22(10-14-24)6-4-18-31(21-17-23-11-15-25(29)16-12-23)19-5-20-32(27(30)33)26-7-2-1-3-8-26;/h1-3,7-16H,4-6,17-21H2,(H2,30,33);1H. The lowest BCUT2D eigenvalue weighted by atomic mass is 10.1. The van der Waals surface area contributed by atoms with Gasteiger partial charge in [-0.1, -0.05) is 65.7 Å². The molecule has 7 heteroatoms. The van der Waals surface area contributed by atoms with Gasteiger partial charge in [0, 0.05) is 28.8 Å². The second-order valence-corrected chi connectivity index (χ2v) is 9.00. The Bertz CT molecular complexity index is 985. The van der Waals surface area contributed by atoms with Crippen molar-refractivity contribution in [2.75, 3.05) is 31.1 Å². The molecule has 0 aliphatic carbocycles. The minimum absolute atomic E-state index is 0. The van der Waals surface area contributed by atoms with Crippen molar-refractivity contribution in [2.24, 2.45) is 5.73 Å². The molecule has 34 heavy (non-hydrogen) atoms. The molecule has 0 aliphatic rings. The Morgan fingerprint density at radius 1 is 0.676 bits per heavy atom. The minimum atomic E-state index is -0.420. The number of benzene rings is 3. The normalized spacial score (nSPS) is 10.7. The van der Waals surface area contributed by atoms with E-state index in [1.807, 2.05) is 54.6 Å². The second kappa shape index (κ2) is 15.2. The van der Waals surface area contributed by atoms with E-state index in [4.69, 9.17) is 28.9 Å². The summed E-state index contributed by atoms with van der Waals surface area (Å²) in [4.78, 5) is 16.1. The van der Waals surface area contributed by atoms with Crippen molar-refractivity contribution in [3.63, 3.8) is 0 Å². The minimum Gasteiger partial charge on any atom is -0.351 e. The summed E-state index contributed by atoms with van der Waals surface area (Å²) in [5.74, 6) is 0. The lowest BCUT2D eigenvalue weighted by molar-refractivity contribution is 0.251. The van der Waals surface area contributed by atoms with Crippen molar-refractivity contribution in [2.45, 2.75) is 25.7 Å². The zero-order chi connectivity index (χ0) is 23.5. The van der Waals surface area contributed by atoms with E-state index in [0.717, 1.165) is 61.1 Å². The van der Waals surface area contributed by atoms with Crippen molar-refractivity contribution < 1.29 is 4.79 Å². The van der Waals surface area contributed by atoms with Gasteiger partial charge in [0.2, 0.25) is 0 Å². The number of nitrogens with two attached hydrogens (primary N) is 1. The maximum atomic E-state index is 12.0. The first-order valence-corrected chi connectivity index (χ1v) is 12.1. The SMILES string of the molecule is I.NC(=O)N(CCCN(CCCc1ccc(Cl)cc1)CCc1ccc(Cl)cc1)c1ccccc1. The third kappa shape index (κ3) is 9.82. The van der Waals surface area contributed by atoms with Crippen molar-refractivity contribution in [3.8, 4) is 0 Å². The Kier molecular flexibility index (Phi) is 12.8. The van der Waals surface area contributed by atoms with Gasteiger partial charge in [-0.25, -0.2) is 4.79 Å². The highest BCUT2D eigenvalue weighted by Gasteiger charge is 2.13. The number of hydrogen-bond donors (Lipinski definition) is 1. The summed E-state index contributed by atoms with van der Waals surface area (Å²) in [6, 6.07) is 25.3. The summed E-state index contributed by atoms with van der Waals surface area (Å²) < 4.78 is 0. The number of carbonyl (C=O) groups excluding carboxylic acids is 1. The summed E-state index contributed by atoms with van der Waals surface area (Å²) in [6.45, 7) is 3.42. The number of urea groups is 1. The van der Waals surface area contributed by atoms with E-state index in [0.29, 0.717) is 6.54 Å². The Labute approximate surface area is 230 Å². The first-order valence-electron chi connectivity index (χ1n) is 11.3. The molecule has 0 spiro atoms. The molecule has 3 aromatic rings. The van der Waals surface area contributed by atoms with Crippen molar-refractivity contribution >= 4 is 58.9 Å². The maximum absolute atomic E-state index is 12.0. The fourth-order valence-electron chi connectivity index (χ4n) is 3.86. The van der Waals surface area contributed by atoms with E-state index in [2.05, 4.69) is 29.2 Å². The summed E-state index contributed by atoms with van der Waals surface area (Å²) >= 11 is 12.0. The summed E-state index contributed by atoms with van der Waals surface area (Å²) in [6.07, 6.45) is 3.86. The molecule has 2 amide bonds. The highest BCUT2D eigenvalue weighted by Crippen LogP contribution is 2.15. The lowest BCUT2D eigenvalue weighted by Gasteiger charge is -2.25. The molecule has 0 bridgehead atoms. The van der Waals surface area contributed by atoms with Crippen molar-refractivity contribution in [3.05, 3.63) is 100 Å². The van der Waals surface area contributed by atoms with Gasteiger partial charge in [0.05, 0.1) is 0 Å². The van der Waals surface area contributed by atoms with E-state index in [1.165, 1.54) is 11.1 Å². The third-order valence-corrected chi connectivity index (χ3v) is 6.18. The molecule has 3 aromatic carbocycles. The number of nitrogens with zero attached hydrogens (tertiary/aromatic N) is 2. The molecule has 2 N–H and O–H groups in total. The number of halogens is 3. The Balaban J connectivity index is 0.00000408. The van der Waals surface area contributed by atoms with Gasteiger partial charge < -0.3 is 10.6 Å². The number of rotatable bonds is 12. The maximum Gasteiger partial charge on any atom is 0.319 e. The topological polar surface area (TPSA) is 49.6 Å². The van der Waals surface area contributed by atoms with Crippen LogP contribution in [0.1, 0.15) is 24.0 Å². The molecule has 0 heterocycles. The van der Waals surface area contributed by atoms with Gasteiger partial charge in [0.1, 0.15) is 0 Å². The van der Waals surface area contributed by atoms with Crippen LogP contribution in [0.15, 0.2) is 78.9 Å². The average Bonchev–Trinajstić information content (AvgIpc) is 2.82. The van der Waals surface area contributed by atoms with E-state index >= 15 is 0 Å². The molecule has 0 aromatic heterocycles. The van der Waals surface area contributed by atoms with Crippen LogP contribution in [0, 0.1) is 0 Å². The molecule has 182 valence electrons. The molecule has 4 nitrogen and oxygen atoms in total. The fraction of sp³-hybridized carbons (Fsp3) is 0.296. The van der Waals surface area contributed by atoms with Gasteiger partial charge in [0.25, 0.3) is 0 Å². The molecule has 0 saturated carbocycles. The molecular weight excluding hydrogens is 580 g/mol. The molecule has 0 radical (unpaired) electrons. The van der Waals surface area contributed by atoms with E-state index in [9.17, 15) is 4.79 Å². The number of aryl methyl sites for hydroxylation is 1. The first kappa shape index (κ1) is 28.4. The highest BCUT2D eigenvalue weighted by atomic mass is 127. The quantitative estimate of drug-likeness (QED) is 0.223. The predicted octanol–water partition coefficient (Wildman–Crippen LogP) is 7.06. The zero-order valence-electron chi connectivity index (χ0n) is 19.2. The van der Waals surface area contributed by atoms with E-state index in [-0.39, 0.29) is 24.0 Å². The first-order chi connectivity index (χ1) is 16.0. The third-order valence-electron chi connectivity index (χ3n) is 5.67. The van der Waals surface area contributed by atoms with Crippen LogP contribution in [-0.2, 0) is 12.8 Å². The fourth-order valence-corrected chi connectivity index (χ4v) is 4.11. The van der Waals surface area contributed by atoms with Crippen LogP contribution in [0.4, 0.5) is 10.5 Å². The van der Waals surface area contributed by atoms with Crippen LogP contribution in [0.2, 0.25) is 10.0 Å². The van der Waals surface area contributed by atoms with Crippen LogP contribution in [0.25, 0.3) is 0 Å². The molecule has 0 fully saturated rings. The number of anilines is 1.